The van der Waals surface area contributed by atoms with Gasteiger partial charge in [0.25, 0.3) is 0 Å². The van der Waals surface area contributed by atoms with Gasteiger partial charge in [-0.1, -0.05) is 6.92 Å². The second-order valence-electron chi connectivity index (χ2n) is 5.22. The second-order valence-corrected chi connectivity index (χ2v) is 5.22. The first kappa shape index (κ1) is 15.4. The van der Waals surface area contributed by atoms with Crippen LogP contribution in [0.2, 0.25) is 0 Å². The third kappa shape index (κ3) is 8.68. The first-order chi connectivity index (χ1) is 7.39. The van der Waals surface area contributed by atoms with E-state index < -0.39 is 0 Å². The van der Waals surface area contributed by atoms with Gasteiger partial charge in [-0.2, -0.15) is 0 Å². The molecule has 96 valence electrons. The maximum absolute atomic E-state index is 11.7. The number of nitrogens with zero attached hydrogens (tertiary/aromatic N) is 1. The maximum Gasteiger partial charge on any atom is 0.234 e. The number of nitrogens with one attached hydrogen (secondary N) is 1. The van der Waals surface area contributed by atoms with Crippen LogP contribution in [0, 0.1) is 0 Å². The molecule has 0 heterocycles. The minimum absolute atomic E-state index is 0.0953. The number of hydrogen-bond acceptors (Lipinski definition) is 3. The molecular formula is C12H27N3O. The highest BCUT2D eigenvalue weighted by Gasteiger charge is 2.15. The van der Waals surface area contributed by atoms with Crippen LogP contribution in [0.3, 0.4) is 0 Å². The van der Waals surface area contributed by atoms with Crippen LogP contribution in [0.15, 0.2) is 0 Å². The summed E-state index contributed by atoms with van der Waals surface area (Å²) in [6.45, 7) is 11.1. The van der Waals surface area contributed by atoms with E-state index >= 15 is 0 Å². The minimum Gasteiger partial charge on any atom is -0.350 e. The van der Waals surface area contributed by atoms with Gasteiger partial charge < -0.3 is 11.1 Å². The Morgan fingerprint density at radius 2 is 1.94 bits per heavy atom. The van der Waals surface area contributed by atoms with Gasteiger partial charge in [-0.05, 0) is 53.2 Å². The van der Waals surface area contributed by atoms with E-state index in [0.717, 1.165) is 25.9 Å². The van der Waals surface area contributed by atoms with Crippen LogP contribution in [0.25, 0.3) is 0 Å². The molecule has 0 radical (unpaired) electrons. The molecule has 0 fully saturated rings. The molecule has 4 nitrogen and oxygen atoms in total. The summed E-state index contributed by atoms with van der Waals surface area (Å²) in [6.07, 6.45) is 2.01. The minimum atomic E-state index is -0.150. The molecule has 0 aliphatic heterocycles. The van der Waals surface area contributed by atoms with Crippen molar-refractivity contribution in [3.8, 4) is 0 Å². The first-order valence-electron chi connectivity index (χ1n) is 6.12. The lowest BCUT2D eigenvalue weighted by Gasteiger charge is -2.25. The molecule has 0 saturated heterocycles. The van der Waals surface area contributed by atoms with Crippen LogP contribution in [-0.2, 0) is 4.79 Å². The zero-order valence-corrected chi connectivity index (χ0v) is 11.2. The summed E-state index contributed by atoms with van der Waals surface area (Å²) in [7, 11) is 0. The Kier molecular flexibility index (Phi) is 7.34. The number of amides is 1. The number of rotatable bonds is 7. The van der Waals surface area contributed by atoms with Crippen molar-refractivity contribution in [1.82, 2.24) is 10.2 Å². The number of nitrogens with two attached hydrogens (primary N) is 1. The quantitative estimate of drug-likeness (QED) is 0.683. The van der Waals surface area contributed by atoms with Crippen LogP contribution in [0.4, 0.5) is 0 Å². The Balaban J connectivity index is 4.02. The summed E-state index contributed by atoms with van der Waals surface area (Å²) in [5, 5.41) is 2.97. The van der Waals surface area contributed by atoms with Crippen LogP contribution in [0.5, 0.6) is 0 Å². The molecule has 0 rings (SSSR count). The topological polar surface area (TPSA) is 58.4 Å². The highest BCUT2D eigenvalue weighted by Crippen LogP contribution is 1.99. The Morgan fingerprint density at radius 1 is 1.31 bits per heavy atom. The lowest BCUT2D eigenvalue weighted by Crippen LogP contribution is -2.46. The molecule has 0 bridgehead atoms. The van der Waals surface area contributed by atoms with Gasteiger partial charge >= 0.3 is 0 Å². The average molecular weight is 229 g/mol. The monoisotopic (exact) mass is 229 g/mol. The molecule has 0 atom stereocenters. The first-order valence-corrected chi connectivity index (χ1v) is 6.12. The van der Waals surface area contributed by atoms with Crippen LogP contribution >= 0.6 is 0 Å². The fourth-order valence-corrected chi connectivity index (χ4v) is 1.56. The highest BCUT2D eigenvalue weighted by atomic mass is 16.2. The zero-order chi connectivity index (χ0) is 12.6. The highest BCUT2D eigenvalue weighted by molar-refractivity contribution is 5.78. The van der Waals surface area contributed by atoms with Crippen LogP contribution in [0.1, 0.15) is 40.5 Å². The van der Waals surface area contributed by atoms with Gasteiger partial charge in [0.15, 0.2) is 0 Å². The molecule has 1 amide bonds. The number of carbonyl (C=O) groups is 1. The standard InChI is InChI=1S/C12H27N3O/c1-5-8-15(9-6-7-13)10-11(16)14-12(2,3)4/h5-10,13H2,1-4H3,(H,14,16). The van der Waals surface area contributed by atoms with Crippen molar-refractivity contribution in [3.05, 3.63) is 0 Å². The van der Waals surface area contributed by atoms with Gasteiger partial charge in [-0.25, -0.2) is 0 Å². The van der Waals surface area contributed by atoms with E-state index in [2.05, 4.69) is 17.1 Å². The van der Waals surface area contributed by atoms with Crippen LogP contribution in [-0.4, -0.2) is 42.5 Å². The summed E-state index contributed by atoms with van der Waals surface area (Å²) < 4.78 is 0. The maximum atomic E-state index is 11.7. The van der Waals surface area contributed by atoms with Gasteiger partial charge in [0, 0.05) is 5.54 Å². The van der Waals surface area contributed by atoms with Gasteiger partial charge in [0.2, 0.25) is 5.91 Å². The Hall–Kier alpha value is -0.610. The van der Waals surface area contributed by atoms with Crippen molar-refractivity contribution >= 4 is 5.91 Å². The lowest BCUT2D eigenvalue weighted by atomic mass is 10.1. The van der Waals surface area contributed by atoms with Gasteiger partial charge in [-0.3, -0.25) is 9.69 Å². The lowest BCUT2D eigenvalue weighted by molar-refractivity contribution is -0.123. The SMILES string of the molecule is CCCN(CCCN)CC(=O)NC(C)(C)C. The van der Waals surface area contributed by atoms with Crippen molar-refractivity contribution in [2.45, 2.75) is 46.1 Å². The Labute approximate surface area is 99.6 Å². The fraction of sp³-hybridized carbons (Fsp3) is 0.917. The van der Waals surface area contributed by atoms with E-state index in [1.807, 2.05) is 20.8 Å². The molecule has 0 aromatic heterocycles. The van der Waals surface area contributed by atoms with Crippen molar-refractivity contribution in [2.24, 2.45) is 5.73 Å². The summed E-state index contributed by atoms with van der Waals surface area (Å²) in [5.41, 5.74) is 5.33. The molecule has 16 heavy (non-hydrogen) atoms. The molecular weight excluding hydrogens is 202 g/mol. The molecule has 0 aromatic carbocycles. The zero-order valence-electron chi connectivity index (χ0n) is 11.2. The van der Waals surface area contributed by atoms with E-state index in [4.69, 9.17) is 5.73 Å². The third-order valence-corrected chi connectivity index (χ3v) is 2.10. The molecule has 0 unspecified atom stereocenters. The number of hydrogen-bond donors (Lipinski definition) is 2. The second kappa shape index (κ2) is 7.63. The molecule has 3 N–H and O–H groups in total. The van der Waals surface area contributed by atoms with E-state index in [1.54, 1.807) is 0 Å². The molecule has 0 spiro atoms. The van der Waals surface area contributed by atoms with Gasteiger partial charge in [0.1, 0.15) is 0 Å². The van der Waals surface area contributed by atoms with E-state index in [0.29, 0.717) is 13.1 Å². The third-order valence-electron chi connectivity index (χ3n) is 2.10. The normalized spacial score (nSPS) is 11.9. The van der Waals surface area contributed by atoms with E-state index in [-0.39, 0.29) is 11.4 Å². The molecule has 0 aliphatic rings. The summed E-state index contributed by atoms with van der Waals surface area (Å²) in [6, 6.07) is 0. The van der Waals surface area contributed by atoms with Gasteiger partial charge in [-0.15, -0.1) is 0 Å². The van der Waals surface area contributed by atoms with E-state index in [1.165, 1.54) is 0 Å². The molecule has 4 heteroatoms. The van der Waals surface area contributed by atoms with E-state index in [9.17, 15) is 4.79 Å². The van der Waals surface area contributed by atoms with Crippen molar-refractivity contribution in [3.63, 3.8) is 0 Å². The Morgan fingerprint density at radius 3 is 2.38 bits per heavy atom. The van der Waals surface area contributed by atoms with Crippen molar-refractivity contribution in [1.29, 1.82) is 0 Å². The summed E-state index contributed by atoms with van der Waals surface area (Å²) in [4.78, 5) is 13.9. The predicted octanol–water partition coefficient (Wildman–Crippen LogP) is 0.962. The molecule has 0 aliphatic carbocycles. The average Bonchev–Trinajstić information content (AvgIpc) is 2.11. The summed E-state index contributed by atoms with van der Waals surface area (Å²) in [5.74, 6) is 0.0953. The fourth-order valence-electron chi connectivity index (χ4n) is 1.56. The summed E-state index contributed by atoms with van der Waals surface area (Å²) >= 11 is 0. The molecule has 0 aromatic rings. The van der Waals surface area contributed by atoms with Crippen molar-refractivity contribution < 1.29 is 4.79 Å². The molecule has 0 saturated carbocycles. The van der Waals surface area contributed by atoms with Crippen LogP contribution < -0.4 is 11.1 Å². The Bertz CT molecular complexity index is 199. The van der Waals surface area contributed by atoms with Gasteiger partial charge in [0.05, 0.1) is 6.54 Å². The van der Waals surface area contributed by atoms with Crippen molar-refractivity contribution in [2.75, 3.05) is 26.2 Å². The smallest absolute Gasteiger partial charge is 0.234 e. The predicted molar refractivity (Wildman–Crippen MR) is 68.3 cm³/mol. The number of carbonyl (C=O) groups excluding carboxylic acids is 1. The largest absolute Gasteiger partial charge is 0.350 e.